The standard InChI is InChI=1S/C8H11N3/c1-2-8(11-10-5-1)6-9-7-3-4-7/h1-2,5,7,9H,3-4,6H2. The van der Waals surface area contributed by atoms with Crippen LogP contribution in [0.25, 0.3) is 0 Å². The van der Waals surface area contributed by atoms with Gasteiger partial charge in [0.1, 0.15) is 0 Å². The Bertz CT molecular complexity index is 218. The van der Waals surface area contributed by atoms with Crippen LogP contribution in [0.3, 0.4) is 0 Å². The Balaban J connectivity index is 1.85. The first-order chi connectivity index (χ1) is 5.45. The van der Waals surface area contributed by atoms with Gasteiger partial charge >= 0.3 is 0 Å². The quantitative estimate of drug-likeness (QED) is 0.688. The summed E-state index contributed by atoms with van der Waals surface area (Å²) in [5.41, 5.74) is 1.03. The van der Waals surface area contributed by atoms with E-state index in [0.717, 1.165) is 18.3 Å². The monoisotopic (exact) mass is 149 g/mol. The maximum absolute atomic E-state index is 3.97. The molecular weight excluding hydrogens is 138 g/mol. The lowest BCUT2D eigenvalue weighted by atomic mass is 10.4. The Labute approximate surface area is 65.8 Å². The molecule has 3 nitrogen and oxygen atoms in total. The Morgan fingerprint density at radius 3 is 3.09 bits per heavy atom. The summed E-state index contributed by atoms with van der Waals surface area (Å²) in [6.45, 7) is 0.860. The summed E-state index contributed by atoms with van der Waals surface area (Å²) in [6.07, 6.45) is 4.33. The van der Waals surface area contributed by atoms with Crippen LogP contribution in [0.5, 0.6) is 0 Å². The van der Waals surface area contributed by atoms with E-state index >= 15 is 0 Å². The van der Waals surface area contributed by atoms with Crippen LogP contribution < -0.4 is 5.32 Å². The highest BCUT2D eigenvalue weighted by molar-refractivity contribution is 4.99. The van der Waals surface area contributed by atoms with E-state index in [1.807, 2.05) is 12.1 Å². The summed E-state index contributed by atoms with van der Waals surface area (Å²) in [7, 11) is 0. The zero-order valence-electron chi connectivity index (χ0n) is 6.33. The van der Waals surface area contributed by atoms with Crippen LogP contribution in [0.1, 0.15) is 18.5 Å². The first kappa shape index (κ1) is 6.73. The van der Waals surface area contributed by atoms with E-state index in [4.69, 9.17) is 0 Å². The van der Waals surface area contributed by atoms with Gasteiger partial charge in [0.15, 0.2) is 0 Å². The Morgan fingerprint density at radius 2 is 2.45 bits per heavy atom. The van der Waals surface area contributed by atoms with Crippen LogP contribution >= 0.6 is 0 Å². The van der Waals surface area contributed by atoms with Crippen molar-refractivity contribution in [2.75, 3.05) is 0 Å². The number of nitrogens with zero attached hydrogens (tertiary/aromatic N) is 2. The third kappa shape index (κ3) is 1.98. The third-order valence-electron chi connectivity index (χ3n) is 1.78. The van der Waals surface area contributed by atoms with Crippen molar-refractivity contribution in [1.29, 1.82) is 0 Å². The summed E-state index contributed by atoms with van der Waals surface area (Å²) >= 11 is 0. The van der Waals surface area contributed by atoms with Gasteiger partial charge in [0.2, 0.25) is 0 Å². The molecule has 2 rings (SSSR count). The largest absolute Gasteiger partial charge is 0.308 e. The molecule has 1 aliphatic rings. The molecule has 11 heavy (non-hydrogen) atoms. The molecule has 0 saturated heterocycles. The van der Waals surface area contributed by atoms with Gasteiger partial charge in [0.25, 0.3) is 0 Å². The fourth-order valence-electron chi connectivity index (χ4n) is 0.964. The minimum absolute atomic E-state index is 0.747. The van der Waals surface area contributed by atoms with Crippen LogP contribution in [0.4, 0.5) is 0 Å². The van der Waals surface area contributed by atoms with E-state index in [2.05, 4.69) is 15.5 Å². The van der Waals surface area contributed by atoms with Gasteiger partial charge in [0.05, 0.1) is 5.69 Å². The van der Waals surface area contributed by atoms with Gasteiger partial charge in [-0.15, -0.1) is 0 Å². The lowest BCUT2D eigenvalue weighted by Gasteiger charge is -1.98. The summed E-state index contributed by atoms with van der Waals surface area (Å²) in [5.74, 6) is 0. The van der Waals surface area contributed by atoms with Gasteiger partial charge in [0, 0.05) is 18.8 Å². The first-order valence-corrected chi connectivity index (χ1v) is 3.95. The molecule has 0 atom stereocenters. The summed E-state index contributed by atoms with van der Waals surface area (Å²) in [5, 5.41) is 11.1. The Kier molecular flexibility index (Phi) is 1.81. The van der Waals surface area contributed by atoms with Crippen molar-refractivity contribution in [1.82, 2.24) is 15.5 Å². The zero-order valence-corrected chi connectivity index (χ0v) is 6.33. The average molecular weight is 149 g/mol. The van der Waals surface area contributed by atoms with Crippen LogP contribution in [0, 0.1) is 0 Å². The molecule has 0 radical (unpaired) electrons. The highest BCUT2D eigenvalue weighted by Gasteiger charge is 2.19. The lowest BCUT2D eigenvalue weighted by Crippen LogP contribution is -2.16. The minimum atomic E-state index is 0.747. The Hall–Kier alpha value is -0.960. The minimum Gasteiger partial charge on any atom is -0.308 e. The molecule has 0 spiro atoms. The molecule has 1 N–H and O–H groups in total. The summed E-state index contributed by atoms with van der Waals surface area (Å²) in [6, 6.07) is 4.65. The van der Waals surface area contributed by atoms with Crippen LogP contribution in [0.2, 0.25) is 0 Å². The second-order valence-electron chi connectivity index (χ2n) is 2.87. The second kappa shape index (κ2) is 2.96. The van der Waals surface area contributed by atoms with E-state index < -0.39 is 0 Å². The van der Waals surface area contributed by atoms with E-state index in [1.54, 1.807) is 6.20 Å². The lowest BCUT2D eigenvalue weighted by molar-refractivity contribution is 0.665. The third-order valence-corrected chi connectivity index (χ3v) is 1.78. The molecular formula is C8H11N3. The number of rotatable bonds is 3. The van der Waals surface area contributed by atoms with Crippen molar-refractivity contribution >= 4 is 0 Å². The molecule has 1 aliphatic carbocycles. The number of nitrogens with one attached hydrogen (secondary N) is 1. The molecule has 1 fully saturated rings. The first-order valence-electron chi connectivity index (χ1n) is 3.95. The van der Waals surface area contributed by atoms with Crippen molar-refractivity contribution in [2.45, 2.75) is 25.4 Å². The molecule has 1 aromatic heterocycles. The van der Waals surface area contributed by atoms with Gasteiger partial charge < -0.3 is 5.32 Å². The average Bonchev–Trinajstić information content (AvgIpc) is 2.86. The zero-order chi connectivity index (χ0) is 7.52. The summed E-state index contributed by atoms with van der Waals surface area (Å²) < 4.78 is 0. The van der Waals surface area contributed by atoms with Gasteiger partial charge in [-0.05, 0) is 25.0 Å². The fourth-order valence-corrected chi connectivity index (χ4v) is 0.964. The van der Waals surface area contributed by atoms with E-state index in [1.165, 1.54) is 12.8 Å². The molecule has 1 saturated carbocycles. The molecule has 0 aromatic carbocycles. The normalized spacial score (nSPS) is 16.7. The smallest absolute Gasteiger partial charge is 0.0769 e. The van der Waals surface area contributed by atoms with Gasteiger partial charge in [-0.2, -0.15) is 10.2 Å². The number of hydrogen-bond acceptors (Lipinski definition) is 3. The molecule has 0 amide bonds. The second-order valence-corrected chi connectivity index (χ2v) is 2.87. The maximum atomic E-state index is 3.97. The van der Waals surface area contributed by atoms with Crippen molar-refractivity contribution in [2.24, 2.45) is 0 Å². The van der Waals surface area contributed by atoms with E-state index in [9.17, 15) is 0 Å². The van der Waals surface area contributed by atoms with Crippen LogP contribution in [0.15, 0.2) is 18.3 Å². The SMILES string of the molecule is c1cnnc(CNC2CC2)c1. The van der Waals surface area contributed by atoms with E-state index in [-0.39, 0.29) is 0 Å². The number of aromatic nitrogens is 2. The molecule has 58 valence electrons. The predicted molar refractivity (Wildman–Crippen MR) is 41.9 cm³/mol. The maximum Gasteiger partial charge on any atom is 0.0769 e. The molecule has 0 bridgehead atoms. The molecule has 0 unspecified atom stereocenters. The molecule has 0 aliphatic heterocycles. The highest BCUT2D eigenvalue weighted by Crippen LogP contribution is 2.18. The molecule has 3 heteroatoms. The van der Waals surface area contributed by atoms with Crippen molar-refractivity contribution in [3.05, 3.63) is 24.0 Å². The van der Waals surface area contributed by atoms with E-state index in [0.29, 0.717) is 0 Å². The molecule has 1 aromatic rings. The predicted octanol–water partition coefficient (Wildman–Crippen LogP) is 0.729. The van der Waals surface area contributed by atoms with Crippen molar-refractivity contribution in [3.63, 3.8) is 0 Å². The Morgan fingerprint density at radius 1 is 1.55 bits per heavy atom. The van der Waals surface area contributed by atoms with Gasteiger partial charge in [-0.3, -0.25) is 0 Å². The molecule has 1 heterocycles. The van der Waals surface area contributed by atoms with Crippen molar-refractivity contribution < 1.29 is 0 Å². The van der Waals surface area contributed by atoms with Crippen LogP contribution in [-0.4, -0.2) is 16.2 Å². The highest BCUT2D eigenvalue weighted by atomic mass is 15.1. The van der Waals surface area contributed by atoms with Gasteiger partial charge in [-0.25, -0.2) is 0 Å². The summed E-state index contributed by atoms with van der Waals surface area (Å²) in [4.78, 5) is 0. The number of hydrogen-bond donors (Lipinski definition) is 1. The van der Waals surface area contributed by atoms with Crippen LogP contribution in [-0.2, 0) is 6.54 Å². The topological polar surface area (TPSA) is 37.8 Å². The van der Waals surface area contributed by atoms with Gasteiger partial charge in [-0.1, -0.05) is 0 Å². The van der Waals surface area contributed by atoms with Crippen molar-refractivity contribution in [3.8, 4) is 0 Å². The fraction of sp³-hybridized carbons (Fsp3) is 0.500.